The molecule has 0 atom stereocenters. The van der Waals surface area contributed by atoms with E-state index in [0.717, 1.165) is 11.2 Å². The lowest BCUT2D eigenvalue weighted by Gasteiger charge is -2.16. The molecule has 0 spiro atoms. The number of aromatic nitrogens is 8. The van der Waals surface area contributed by atoms with Gasteiger partial charge in [-0.15, -0.1) is 5.10 Å². The Kier molecular flexibility index (Phi) is 5.25. The Morgan fingerprint density at radius 3 is 2.57 bits per heavy atom. The number of imidazole rings is 1. The van der Waals surface area contributed by atoms with E-state index in [1.54, 1.807) is 42.2 Å². The van der Waals surface area contributed by atoms with E-state index in [0.29, 0.717) is 40.0 Å². The normalized spacial score (nSPS) is 10.9. The summed E-state index contributed by atoms with van der Waals surface area (Å²) < 4.78 is 3.29. The maximum atomic E-state index is 12.3. The van der Waals surface area contributed by atoms with Gasteiger partial charge in [0.1, 0.15) is 24.0 Å². The Morgan fingerprint density at radius 2 is 1.89 bits per heavy atom. The van der Waals surface area contributed by atoms with Crippen molar-refractivity contribution < 1.29 is 4.79 Å². The molecule has 11 nitrogen and oxygen atoms in total. The molecule has 5 aromatic rings. The highest BCUT2D eigenvalue weighted by Gasteiger charge is 2.18. The molecular weight excluding hydrogens is 444 g/mol. The molecule has 0 N–H and O–H groups in total. The number of Topliss-reactive ketones (excluding diaryl/α,β-unsaturated/α-hetero) is 1. The van der Waals surface area contributed by atoms with Crippen LogP contribution in [0.25, 0.3) is 22.7 Å². The van der Waals surface area contributed by atoms with E-state index in [4.69, 9.17) is 4.98 Å². The van der Waals surface area contributed by atoms with Crippen LogP contribution >= 0.6 is 0 Å². The average Bonchev–Trinajstić information content (AvgIpc) is 3.46. The Balaban J connectivity index is 1.57. The van der Waals surface area contributed by atoms with Crippen LogP contribution in [0.15, 0.2) is 48.9 Å². The summed E-state index contributed by atoms with van der Waals surface area (Å²) in [6, 6.07) is 12.7. The fraction of sp³-hybridized carbons (Fsp3) is 0.167. The molecular formula is C24H20N10O. The van der Waals surface area contributed by atoms with Crippen LogP contribution < -0.4 is 4.90 Å². The number of nitrogens with zero attached hydrogens (tertiary/aromatic N) is 10. The second-order valence-electron chi connectivity index (χ2n) is 8.03. The highest BCUT2D eigenvalue weighted by molar-refractivity contribution is 5.97. The minimum absolute atomic E-state index is 0.156. The number of aryl methyl sites for hydroxylation is 2. The van der Waals surface area contributed by atoms with Crippen molar-refractivity contribution in [1.82, 2.24) is 39.5 Å². The minimum atomic E-state index is -0.156. The van der Waals surface area contributed by atoms with Crippen molar-refractivity contribution in [2.24, 2.45) is 0 Å². The van der Waals surface area contributed by atoms with Crippen LogP contribution in [0, 0.1) is 25.2 Å². The minimum Gasteiger partial charge on any atom is -0.313 e. The number of carbonyl (C=O) groups excluding carboxylic acids is 1. The van der Waals surface area contributed by atoms with E-state index in [2.05, 4.69) is 25.3 Å². The first-order valence-electron chi connectivity index (χ1n) is 10.7. The van der Waals surface area contributed by atoms with Gasteiger partial charge in [-0.05, 0) is 51.1 Å². The predicted molar refractivity (Wildman–Crippen MR) is 128 cm³/mol. The SMILES string of the molecule is CC(=O)c1ccc(-n2cnc3cc(N(C)c4ccc(C)nn4)ncc32)nc1-n1nc(C#N)cc1C. The van der Waals surface area contributed by atoms with Gasteiger partial charge >= 0.3 is 0 Å². The monoisotopic (exact) mass is 464 g/mol. The third kappa shape index (κ3) is 3.87. The van der Waals surface area contributed by atoms with Crippen molar-refractivity contribution >= 4 is 28.5 Å². The molecule has 0 aliphatic rings. The predicted octanol–water partition coefficient (Wildman–Crippen LogP) is 3.25. The lowest BCUT2D eigenvalue weighted by molar-refractivity contribution is 0.101. The van der Waals surface area contributed by atoms with Crippen molar-refractivity contribution in [3.63, 3.8) is 0 Å². The molecule has 0 aromatic carbocycles. The van der Waals surface area contributed by atoms with Crippen LogP contribution in [0.1, 0.15) is 34.4 Å². The van der Waals surface area contributed by atoms with Gasteiger partial charge in [0.15, 0.2) is 23.1 Å². The molecule has 0 amide bonds. The number of pyridine rings is 2. The van der Waals surface area contributed by atoms with Gasteiger partial charge in [0, 0.05) is 18.8 Å². The van der Waals surface area contributed by atoms with E-state index in [-0.39, 0.29) is 11.5 Å². The molecule has 11 heteroatoms. The van der Waals surface area contributed by atoms with E-state index >= 15 is 0 Å². The molecule has 0 aliphatic heterocycles. The molecule has 0 fully saturated rings. The van der Waals surface area contributed by atoms with Crippen molar-refractivity contribution in [2.75, 3.05) is 11.9 Å². The van der Waals surface area contributed by atoms with Crippen LogP contribution in [-0.4, -0.2) is 52.3 Å². The van der Waals surface area contributed by atoms with Gasteiger partial charge in [-0.25, -0.2) is 19.6 Å². The van der Waals surface area contributed by atoms with E-state index in [1.807, 2.05) is 43.1 Å². The number of anilines is 2. The van der Waals surface area contributed by atoms with E-state index in [9.17, 15) is 10.1 Å². The van der Waals surface area contributed by atoms with Crippen LogP contribution in [-0.2, 0) is 0 Å². The molecule has 0 aliphatic carbocycles. The highest BCUT2D eigenvalue weighted by atomic mass is 16.1. The average molecular weight is 464 g/mol. The molecule has 0 unspecified atom stereocenters. The lowest BCUT2D eigenvalue weighted by Crippen LogP contribution is -2.13. The van der Waals surface area contributed by atoms with Gasteiger partial charge in [-0.2, -0.15) is 15.5 Å². The molecule has 172 valence electrons. The Labute approximate surface area is 200 Å². The number of ketones is 1. The van der Waals surface area contributed by atoms with Crippen molar-refractivity contribution in [1.29, 1.82) is 5.26 Å². The Hall–Kier alpha value is -4.98. The number of hydrogen-bond donors (Lipinski definition) is 0. The molecule has 35 heavy (non-hydrogen) atoms. The summed E-state index contributed by atoms with van der Waals surface area (Å²) >= 11 is 0. The molecule has 5 aromatic heterocycles. The Bertz CT molecular complexity index is 1620. The summed E-state index contributed by atoms with van der Waals surface area (Å²) in [5.41, 5.74) is 3.62. The van der Waals surface area contributed by atoms with Crippen molar-refractivity contribution in [3.8, 4) is 17.7 Å². The van der Waals surface area contributed by atoms with Crippen LogP contribution in [0.5, 0.6) is 0 Å². The zero-order valence-corrected chi connectivity index (χ0v) is 19.5. The quantitative estimate of drug-likeness (QED) is 0.360. The first kappa shape index (κ1) is 21.8. The largest absolute Gasteiger partial charge is 0.313 e. The third-order valence-electron chi connectivity index (χ3n) is 5.58. The zero-order valence-electron chi connectivity index (χ0n) is 19.5. The van der Waals surface area contributed by atoms with Crippen LogP contribution in [0.2, 0.25) is 0 Å². The maximum Gasteiger partial charge on any atom is 0.166 e. The first-order valence-corrected chi connectivity index (χ1v) is 10.7. The maximum absolute atomic E-state index is 12.3. The molecule has 0 bridgehead atoms. The molecule has 5 rings (SSSR count). The van der Waals surface area contributed by atoms with E-state index in [1.165, 1.54) is 11.6 Å². The number of nitriles is 1. The molecule has 0 radical (unpaired) electrons. The number of carbonyl (C=O) groups is 1. The van der Waals surface area contributed by atoms with Gasteiger partial charge in [0.05, 0.1) is 28.5 Å². The summed E-state index contributed by atoms with van der Waals surface area (Å²) in [7, 11) is 1.86. The van der Waals surface area contributed by atoms with Crippen LogP contribution in [0.3, 0.4) is 0 Å². The lowest BCUT2D eigenvalue weighted by atomic mass is 10.2. The standard InChI is InChI=1S/C24H20N10O/c1-14-5-7-22(30-29-14)32(4)23-10-19-20(12-26-23)33(13-27-19)21-8-6-18(16(3)35)24(28-21)34-15(2)9-17(11-25)31-34/h5-10,12-13H,1-4H3. The van der Waals surface area contributed by atoms with Gasteiger partial charge in [0.2, 0.25) is 0 Å². The second-order valence-corrected chi connectivity index (χ2v) is 8.03. The summed E-state index contributed by atoms with van der Waals surface area (Å²) in [5.74, 6) is 2.06. The fourth-order valence-corrected chi connectivity index (χ4v) is 3.70. The Morgan fingerprint density at radius 1 is 1.06 bits per heavy atom. The summed E-state index contributed by atoms with van der Waals surface area (Å²) in [6.07, 6.45) is 3.36. The smallest absolute Gasteiger partial charge is 0.166 e. The van der Waals surface area contributed by atoms with Gasteiger partial charge < -0.3 is 4.90 Å². The first-order chi connectivity index (χ1) is 16.9. The summed E-state index contributed by atoms with van der Waals surface area (Å²) in [5, 5.41) is 21.8. The van der Waals surface area contributed by atoms with Crippen LogP contribution in [0.4, 0.5) is 11.6 Å². The van der Waals surface area contributed by atoms with Crippen molar-refractivity contribution in [2.45, 2.75) is 20.8 Å². The number of hydrogen-bond acceptors (Lipinski definition) is 9. The van der Waals surface area contributed by atoms with Crippen molar-refractivity contribution in [3.05, 3.63) is 71.6 Å². The summed E-state index contributed by atoms with van der Waals surface area (Å²) in [4.78, 5) is 27.9. The zero-order chi connectivity index (χ0) is 24.7. The number of rotatable bonds is 5. The van der Waals surface area contributed by atoms with Gasteiger partial charge in [-0.1, -0.05) is 0 Å². The molecule has 0 saturated carbocycles. The fourth-order valence-electron chi connectivity index (χ4n) is 3.70. The third-order valence-corrected chi connectivity index (χ3v) is 5.58. The van der Waals surface area contributed by atoms with Gasteiger partial charge in [-0.3, -0.25) is 9.36 Å². The van der Waals surface area contributed by atoms with E-state index < -0.39 is 0 Å². The second kappa shape index (κ2) is 8.42. The molecule has 0 saturated heterocycles. The molecule has 5 heterocycles. The highest BCUT2D eigenvalue weighted by Crippen LogP contribution is 2.25. The number of fused-ring (bicyclic) bond motifs is 1. The van der Waals surface area contributed by atoms with Gasteiger partial charge in [0.25, 0.3) is 0 Å². The topological polar surface area (TPSA) is 131 Å². The summed E-state index contributed by atoms with van der Waals surface area (Å²) in [6.45, 7) is 5.16.